The molecule has 6 rings (SSSR count). The molecule has 32 heteroatoms. The first-order chi connectivity index (χ1) is 44.7. The van der Waals surface area contributed by atoms with Crippen molar-refractivity contribution in [1.29, 1.82) is 5.41 Å². The van der Waals surface area contributed by atoms with Crippen LogP contribution in [-0.2, 0) is 82.7 Å². The van der Waals surface area contributed by atoms with Crippen molar-refractivity contribution >= 4 is 64.5 Å². The van der Waals surface area contributed by atoms with Gasteiger partial charge in [0.05, 0.1) is 147 Å². The van der Waals surface area contributed by atoms with E-state index in [9.17, 15) is 73.5 Å². The highest BCUT2D eigenvalue weighted by Crippen LogP contribution is 2.52. The monoisotopic (exact) mass is 1330 g/mol. The summed E-state index contributed by atoms with van der Waals surface area (Å²) < 4.78 is 50.3. The second-order valence-electron chi connectivity index (χ2n) is 23.2. The van der Waals surface area contributed by atoms with Gasteiger partial charge in [0.15, 0.2) is 12.1 Å². The highest BCUT2D eigenvalue weighted by molar-refractivity contribution is 6.31. The molecule has 2 heterocycles. The largest absolute Gasteiger partial charge is 0.507 e. The third-order valence-corrected chi connectivity index (χ3v) is 15.7. The topological polar surface area (TPSA) is 468 Å². The van der Waals surface area contributed by atoms with Crippen LogP contribution in [0, 0.1) is 11.3 Å². The Balaban J connectivity index is 0.930. The fourth-order valence-electron chi connectivity index (χ4n) is 10.8. The first-order valence-corrected chi connectivity index (χ1v) is 30.8. The van der Waals surface area contributed by atoms with Crippen molar-refractivity contribution in [3.05, 3.63) is 63.7 Å². The molecule has 10 atom stereocenters. The van der Waals surface area contributed by atoms with Crippen LogP contribution >= 0.6 is 0 Å². The molecule has 2 aromatic rings. The Kier molecular flexibility index (Phi) is 28.4. The number of ether oxygens (including phenoxy) is 9. The number of methoxy groups -OCH3 is 1. The molecule has 1 unspecified atom stereocenters. The van der Waals surface area contributed by atoms with E-state index in [2.05, 4.69) is 26.6 Å². The van der Waals surface area contributed by atoms with Crippen LogP contribution in [-0.4, -0.2) is 249 Å². The molecule has 2 aliphatic carbocycles. The number of aliphatic hydroxyl groups excluding tert-OH is 2. The van der Waals surface area contributed by atoms with Crippen molar-refractivity contribution in [1.82, 2.24) is 31.5 Å². The molecule has 32 nitrogen and oxygen atoms in total. The number of benzene rings is 2. The predicted molar refractivity (Wildman–Crippen MR) is 326 cm³/mol. The molecule has 0 radical (unpaired) electrons. The minimum Gasteiger partial charge on any atom is -0.507 e. The van der Waals surface area contributed by atoms with E-state index in [1.165, 1.54) is 58.2 Å². The number of hydrogen-bond donors (Lipinski definition) is 12. The number of phenols is 2. The van der Waals surface area contributed by atoms with E-state index >= 15 is 0 Å². The van der Waals surface area contributed by atoms with Gasteiger partial charge in [0.2, 0.25) is 41.2 Å². The van der Waals surface area contributed by atoms with Crippen LogP contribution in [0.5, 0.6) is 17.2 Å². The van der Waals surface area contributed by atoms with Crippen LogP contribution in [0.1, 0.15) is 116 Å². The predicted octanol–water partition coefficient (Wildman–Crippen LogP) is -2.08. The van der Waals surface area contributed by atoms with Crippen molar-refractivity contribution in [2.75, 3.05) is 99.5 Å². The number of carbonyl (C=O) groups excluding carboxylic acids is 10. The Morgan fingerprint density at radius 3 is 1.83 bits per heavy atom. The lowest BCUT2D eigenvalue weighted by atomic mass is 9.71. The number of ketones is 2. The highest BCUT2D eigenvalue weighted by atomic mass is 16.7. The summed E-state index contributed by atoms with van der Waals surface area (Å²) in [5.74, 6) is -9.42. The van der Waals surface area contributed by atoms with Crippen molar-refractivity contribution in [2.24, 2.45) is 11.7 Å². The summed E-state index contributed by atoms with van der Waals surface area (Å²) in [6.45, 7) is 9.98. The third-order valence-electron chi connectivity index (χ3n) is 15.7. The van der Waals surface area contributed by atoms with Crippen LogP contribution in [0.15, 0.2) is 30.4 Å². The lowest BCUT2D eigenvalue weighted by Gasteiger charge is -2.43. The zero-order chi connectivity index (χ0) is 69.0. The fraction of sp³-hybridized carbons (Fsp3) is 0.597. The quantitative estimate of drug-likeness (QED) is 0.0126. The van der Waals surface area contributed by atoms with Gasteiger partial charge in [0.25, 0.3) is 11.8 Å². The van der Waals surface area contributed by atoms with Gasteiger partial charge in [-0.25, -0.2) is 0 Å². The van der Waals surface area contributed by atoms with Gasteiger partial charge in [0.1, 0.15) is 53.1 Å². The number of nitrogens with two attached hydrogens (primary N) is 1. The average Bonchev–Trinajstić information content (AvgIpc) is 0.770. The Hall–Kier alpha value is -7.89. The molecule has 1 saturated heterocycles. The standard InChI is InChI=1S/C62H86N8O24/c1-32(2)26-39(60(83)67-38-28-48(93-35(5)53(38)76)94-42-30-62(85,43(63)31-71)29-37-50(42)57(80)52-51(55(37)78)54(77)36-8-7-9-41(86-6)49(36)56(52)79)69-61(84)40(27-44(64)72)68-59(82)34(4)66-58(81)33(3)65-45(73)12-14-87-16-18-89-20-22-91-24-25-92-23-21-90-19-17-88-15-13-70-46(74)10-11-47(70)75/h7-11,32-35,38-40,42,48,53,63,71,76,78,80,85H,12-31H2,1-6H3,(H2,64,72)(H,65,73)(H,66,81)(H,67,83)(H,68,82)(H,69,84)/t33-,34-,35+,38+,39?,40-,42+,48+,53-,62+/m1/s1. The molecule has 2 aromatic carbocycles. The Bertz CT molecular complexity index is 3110. The molecule has 8 amide bonds. The summed E-state index contributed by atoms with van der Waals surface area (Å²) >= 11 is 0. The van der Waals surface area contributed by atoms with Gasteiger partial charge >= 0.3 is 0 Å². The van der Waals surface area contributed by atoms with Gasteiger partial charge in [-0.2, -0.15) is 0 Å². The molecule has 1 fully saturated rings. The van der Waals surface area contributed by atoms with Crippen molar-refractivity contribution in [3.8, 4) is 17.2 Å². The zero-order valence-electron chi connectivity index (χ0n) is 53.3. The number of primary amides is 1. The lowest BCUT2D eigenvalue weighted by molar-refractivity contribution is -0.248. The number of aliphatic hydroxyl groups is 3. The maximum absolute atomic E-state index is 14.2. The number of carbonyl (C=O) groups is 10. The maximum atomic E-state index is 14.2. The van der Waals surface area contributed by atoms with E-state index in [0.29, 0.717) is 46.2 Å². The number of nitrogens with one attached hydrogen (secondary N) is 6. The molecule has 518 valence electrons. The molecule has 0 bridgehead atoms. The first-order valence-electron chi connectivity index (χ1n) is 30.8. The van der Waals surface area contributed by atoms with E-state index in [0.717, 1.165) is 4.90 Å². The average molecular weight is 1330 g/mol. The molecule has 13 N–H and O–H groups in total. The molecule has 0 spiro atoms. The van der Waals surface area contributed by atoms with E-state index in [-0.39, 0.29) is 105 Å². The Morgan fingerprint density at radius 1 is 0.723 bits per heavy atom. The fourth-order valence-corrected chi connectivity index (χ4v) is 10.8. The van der Waals surface area contributed by atoms with E-state index in [4.69, 9.17) is 53.8 Å². The number of hydrogen-bond acceptors (Lipinski definition) is 25. The van der Waals surface area contributed by atoms with Gasteiger partial charge in [-0.15, -0.1) is 0 Å². The van der Waals surface area contributed by atoms with E-state index < -0.39 is 162 Å². The first kappa shape index (κ1) is 75.1. The molecule has 2 aliphatic heterocycles. The highest BCUT2D eigenvalue weighted by Gasteiger charge is 2.50. The lowest BCUT2D eigenvalue weighted by Crippen LogP contribution is -2.61. The summed E-state index contributed by atoms with van der Waals surface area (Å²) in [6, 6.07) is -2.52. The summed E-state index contributed by atoms with van der Waals surface area (Å²) in [5, 5.41) is 78.2. The van der Waals surface area contributed by atoms with E-state index in [1.54, 1.807) is 13.8 Å². The van der Waals surface area contributed by atoms with E-state index in [1.807, 2.05) is 0 Å². The van der Waals surface area contributed by atoms with Crippen LogP contribution in [0.4, 0.5) is 0 Å². The minimum atomic E-state index is -2.25. The van der Waals surface area contributed by atoms with Gasteiger partial charge in [0, 0.05) is 54.5 Å². The van der Waals surface area contributed by atoms with Gasteiger partial charge in [-0.3, -0.25) is 52.8 Å². The molecule has 94 heavy (non-hydrogen) atoms. The number of nitrogens with zero attached hydrogens (tertiary/aromatic N) is 1. The summed E-state index contributed by atoms with van der Waals surface area (Å²) in [7, 11) is 1.28. The smallest absolute Gasteiger partial charge is 0.253 e. The van der Waals surface area contributed by atoms with Gasteiger partial charge < -0.3 is 106 Å². The molecule has 0 saturated carbocycles. The summed E-state index contributed by atoms with van der Waals surface area (Å²) in [5.41, 5.74) is 0.634. The SMILES string of the molecule is COc1cccc2c1C(=O)c1c(O)c3c(c(O)c1C2=O)C[C@@](O)(C(=N)CO)C[C@@H]3O[C@H]1C[C@H](NC(=O)C(CC(C)C)NC(=O)[C@@H](CC(N)=O)NC(=O)[C@@H](C)NC(=O)[C@@H](C)NC(=O)CCOCCOCCOCCOCCOCCOCCN2C(=O)C=CC2=O)[C@H](O)[C@H](C)O1. The number of amides is 8. The van der Waals surface area contributed by atoms with Crippen LogP contribution in [0.25, 0.3) is 0 Å². The van der Waals surface area contributed by atoms with Crippen LogP contribution < -0.4 is 37.1 Å². The Labute approximate surface area is 541 Å². The number of aromatic hydroxyl groups is 2. The second kappa shape index (κ2) is 35.6. The molecule has 4 aliphatic rings. The van der Waals surface area contributed by atoms with Gasteiger partial charge in [-0.05, 0) is 39.2 Å². The maximum Gasteiger partial charge on any atom is 0.253 e. The van der Waals surface area contributed by atoms with Crippen LogP contribution in [0.2, 0.25) is 0 Å². The zero-order valence-corrected chi connectivity index (χ0v) is 53.3. The molecular weight excluding hydrogens is 1240 g/mol. The minimum absolute atomic E-state index is 0.000309. The van der Waals surface area contributed by atoms with Crippen molar-refractivity contribution in [3.63, 3.8) is 0 Å². The second-order valence-corrected chi connectivity index (χ2v) is 23.2. The summed E-state index contributed by atoms with van der Waals surface area (Å²) in [4.78, 5) is 132. The van der Waals surface area contributed by atoms with Gasteiger partial charge in [-0.1, -0.05) is 26.0 Å². The molecule has 0 aromatic heterocycles. The third kappa shape index (κ3) is 20.1. The number of imide groups is 1. The summed E-state index contributed by atoms with van der Waals surface area (Å²) in [6.07, 6.45) is -5.51. The number of rotatable bonds is 39. The Morgan fingerprint density at radius 2 is 1.27 bits per heavy atom. The van der Waals surface area contributed by atoms with Crippen molar-refractivity contribution < 1.29 is 116 Å². The van der Waals surface area contributed by atoms with Crippen molar-refractivity contribution in [2.45, 2.75) is 134 Å². The normalized spacial score (nSPS) is 21.1. The molecular formula is C62H86N8O24. The van der Waals surface area contributed by atoms with Crippen LogP contribution in [0.3, 0.4) is 0 Å². The number of phenolic OH excluding ortho intramolecular Hbond substituents is 2. The number of fused-ring (bicyclic) bond motifs is 3.